The number of fused-ring (bicyclic) bond motifs is 1. The molecule has 2 aliphatic heterocycles. The fourth-order valence-electron chi connectivity index (χ4n) is 3.67. The van der Waals surface area contributed by atoms with E-state index in [2.05, 4.69) is 12.2 Å². The molecule has 6 nitrogen and oxygen atoms in total. The molecule has 2 aromatic rings. The quantitative estimate of drug-likeness (QED) is 0.733. The highest BCUT2D eigenvalue weighted by atomic mass is 32.2. The first-order chi connectivity index (χ1) is 13.9. The van der Waals surface area contributed by atoms with Crippen LogP contribution >= 0.6 is 0 Å². The van der Waals surface area contributed by atoms with Crippen LogP contribution in [0.25, 0.3) is 6.08 Å². The van der Waals surface area contributed by atoms with E-state index >= 15 is 0 Å². The summed E-state index contributed by atoms with van der Waals surface area (Å²) >= 11 is 0. The van der Waals surface area contributed by atoms with E-state index in [0.29, 0.717) is 23.3 Å². The minimum absolute atomic E-state index is 0.0125. The molecular formula is C22H23NO5S. The number of Topliss-reactive ketones (excluding diaryl/α,β-unsaturated/α-hetero) is 1. The van der Waals surface area contributed by atoms with Gasteiger partial charge < -0.3 is 15.2 Å². The largest absolute Gasteiger partial charge is 0.507 e. The standard InChI is InChI=1S/C22H23NO5S/c1-2-14-3-5-15(6-4-14)11-20-21(25)17-7-8-19(24)18(22(17)28-20)12-23-16-9-10-29(26,27)13-16/h3-8,11,16,23-24H,2,9-10,12-13H2,1H3. The Labute approximate surface area is 170 Å². The molecule has 0 aromatic heterocycles. The van der Waals surface area contributed by atoms with Crippen molar-refractivity contribution in [2.24, 2.45) is 0 Å². The number of aromatic hydroxyl groups is 1. The Balaban J connectivity index is 1.56. The maximum Gasteiger partial charge on any atom is 0.231 e. The van der Waals surface area contributed by atoms with Crippen LogP contribution in [0.15, 0.2) is 42.2 Å². The molecule has 29 heavy (non-hydrogen) atoms. The fraction of sp³-hybridized carbons (Fsp3) is 0.318. The SMILES string of the molecule is CCc1ccc(C=C2Oc3c(ccc(O)c3CNC3CCS(=O)(=O)C3)C2=O)cc1. The Morgan fingerprint density at radius 1 is 1.21 bits per heavy atom. The average molecular weight is 413 g/mol. The monoisotopic (exact) mass is 413 g/mol. The lowest BCUT2D eigenvalue weighted by Crippen LogP contribution is -2.29. The van der Waals surface area contributed by atoms with Crippen molar-refractivity contribution in [2.75, 3.05) is 11.5 Å². The first-order valence-corrected chi connectivity index (χ1v) is 11.5. The van der Waals surface area contributed by atoms with E-state index in [4.69, 9.17) is 4.74 Å². The maximum absolute atomic E-state index is 12.8. The van der Waals surface area contributed by atoms with Crippen LogP contribution in [-0.2, 0) is 22.8 Å². The van der Waals surface area contributed by atoms with E-state index in [9.17, 15) is 18.3 Å². The van der Waals surface area contributed by atoms with Crippen LogP contribution in [0.4, 0.5) is 0 Å². The lowest BCUT2D eigenvalue weighted by molar-refractivity contribution is 0.101. The number of nitrogens with one attached hydrogen (secondary N) is 1. The fourth-order valence-corrected chi connectivity index (χ4v) is 5.38. The molecule has 0 bridgehead atoms. The van der Waals surface area contributed by atoms with Gasteiger partial charge in [0.25, 0.3) is 0 Å². The van der Waals surface area contributed by atoms with Gasteiger partial charge in [0.1, 0.15) is 11.5 Å². The Hall–Kier alpha value is -2.64. The van der Waals surface area contributed by atoms with Crippen LogP contribution in [0.3, 0.4) is 0 Å². The van der Waals surface area contributed by atoms with E-state index in [0.717, 1.165) is 12.0 Å². The molecule has 7 heteroatoms. The second-order valence-electron chi connectivity index (χ2n) is 7.46. The highest BCUT2D eigenvalue weighted by Gasteiger charge is 2.32. The summed E-state index contributed by atoms with van der Waals surface area (Å²) in [6.07, 6.45) is 3.17. The van der Waals surface area contributed by atoms with E-state index < -0.39 is 9.84 Å². The molecule has 0 aliphatic carbocycles. The first kappa shape index (κ1) is 19.7. The van der Waals surface area contributed by atoms with Crippen LogP contribution in [0.1, 0.15) is 40.4 Å². The van der Waals surface area contributed by atoms with Gasteiger partial charge in [0.05, 0.1) is 22.6 Å². The minimum atomic E-state index is -3.00. The van der Waals surface area contributed by atoms with Crippen LogP contribution in [-0.4, -0.2) is 36.9 Å². The maximum atomic E-state index is 12.8. The molecule has 1 unspecified atom stereocenters. The Morgan fingerprint density at radius 3 is 2.62 bits per heavy atom. The second-order valence-corrected chi connectivity index (χ2v) is 9.68. The zero-order valence-electron chi connectivity index (χ0n) is 16.1. The first-order valence-electron chi connectivity index (χ1n) is 9.68. The molecule has 0 saturated carbocycles. The number of sulfone groups is 1. The zero-order chi connectivity index (χ0) is 20.6. The number of hydrogen-bond acceptors (Lipinski definition) is 6. The van der Waals surface area contributed by atoms with Gasteiger partial charge >= 0.3 is 0 Å². The predicted octanol–water partition coefficient (Wildman–Crippen LogP) is 2.85. The summed E-state index contributed by atoms with van der Waals surface area (Å²) in [5.41, 5.74) is 2.93. The number of rotatable bonds is 5. The molecule has 2 aliphatic rings. The summed E-state index contributed by atoms with van der Waals surface area (Å²) in [4.78, 5) is 12.8. The van der Waals surface area contributed by atoms with E-state index in [-0.39, 0.29) is 41.4 Å². The number of phenolic OH excluding ortho intramolecular Hbond substituents is 1. The van der Waals surface area contributed by atoms with Crippen molar-refractivity contribution < 1.29 is 23.1 Å². The molecular weight excluding hydrogens is 390 g/mol. The third kappa shape index (κ3) is 4.06. The summed E-state index contributed by atoms with van der Waals surface area (Å²) < 4.78 is 29.1. The number of carbonyl (C=O) groups excluding carboxylic acids is 1. The highest BCUT2D eigenvalue weighted by Crippen LogP contribution is 2.39. The molecule has 2 N–H and O–H groups in total. The highest BCUT2D eigenvalue weighted by molar-refractivity contribution is 7.91. The van der Waals surface area contributed by atoms with Crippen LogP contribution in [0.2, 0.25) is 0 Å². The average Bonchev–Trinajstić information content (AvgIpc) is 3.20. The third-order valence-electron chi connectivity index (χ3n) is 5.40. The molecule has 1 fully saturated rings. The van der Waals surface area contributed by atoms with Gasteiger partial charge in [-0.1, -0.05) is 31.2 Å². The van der Waals surface area contributed by atoms with Crippen LogP contribution in [0, 0.1) is 0 Å². The number of hydrogen-bond donors (Lipinski definition) is 2. The topological polar surface area (TPSA) is 92.7 Å². The van der Waals surface area contributed by atoms with Gasteiger partial charge in [-0.2, -0.15) is 0 Å². The number of phenols is 1. The molecule has 4 rings (SSSR count). The van der Waals surface area contributed by atoms with Gasteiger partial charge in [0.2, 0.25) is 5.78 Å². The summed E-state index contributed by atoms with van der Waals surface area (Å²) in [6.45, 7) is 2.30. The second kappa shape index (κ2) is 7.65. The number of benzene rings is 2. The number of carbonyl (C=O) groups is 1. The Bertz CT molecular complexity index is 1090. The van der Waals surface area contributed by atoms with E-state index in [1.54, 1.807) is 12.1 Å². The summed E-state index contributed by atoms with van der Waals surface area (Å²) in [7, 11) is -3.00. The van der Waals surface area contributed by atoms with E-state index in [1.807, 2.05) is 24.3 Å². The zero-order valence-corrected chi connectivity index (χ0v) is 17.0. The van der Waals surface area contributed by atoms with Gasteiger partial charge in [-0.3, -0.25) is 4.79 Å². The van der Waals surface area contributed by atoms with Crippen molar-refractivity contribution in [3.8, 4) is 11.5 Å². The summed E-state index contributed by atoms with van der Waals surface area (Å²) in [5, 5.41) is 13.5. The lowest BCUT2D eigenvalue weighted by Gasteiger charge is -2.14. The molecule has 0 amide bonds. The molecule has 2 aromatic carbocycles. The molecule has 1 atom stereocenters. The van der Waals surface area contributed by atoms with Crippen molar-refractivity contribution in [1.82, 2.24) is 5.32 Å². The van der Waals surface area contributed by atoms with Crippen molar-refractivity contribution in [3.63, 3.8) is 0 Å². The number of aryl methyl sites for hydroxylation is 1. The van der Waals surface area contributed by atoms with Crippen molar-refractivity contribution in [1.29, 1.82) is 0 Å². The van der Waals surface area contributed by atoms with Crippen LogP contribution < -0.4 is 10.1 Å². The van der Waals surface area contributed by atoms with Crippen molar-refractivity contribution in [3.05, 3.63) is 64.4 Å². The van der Waals surface area contributed by atoms with E-state index in [1.165, 1.54) is 11.6 Å². The molecule has 152 valence electrons. The van der Waals surface area contributed by atoms with Gasteiger partial charge in [-0.05, 0) is 42.2 Å². The predicted molar refractivity (Wildman–Crippen MR) is 111 cm³/mol. The Morgan fingerprint density at radius 2 is 1.97 bits per heavy atom. The Kier molecular flexibility index (Phi) is 5.19. The van der Waals surface area contributed by atoms with Crippen LogP contribution in [0.5, 0.6) is 11.5 Å². The van der Waals surface area contributed by atoms with Gasteiger partial charge in [-0.25, -0.2) is 8.42 Å². The molecule has 0 spiro atoms. The third-order valence-corrected chi connectivity index (χ3v) is 7.17. The van der Waals surface area contributed by atoms with Crippen molar-refractivity contribution in [2.45, 2.75) is 32.4 Å². The normalized spacial score (nSPS) is 21.3. The van der Waals surface area contributed by atoms with Gasteiger partial charge in [-0.15, -0.1) is 0 Å². The summed E-state index contributed by atoms with van der Waals surface area (Å²) in [6, 6.07) is 10.8. The lowest BCUT2D eigenvalue weighted by atomic mass is 10.0. The molecule has 1 saturated heterocycles. The number of ketones is 1. The number of allylic oxidation sites excluding steroid dienone is 1. The van der Waals surface area contributed by atoms with Gasteiger partial charge in [0.15, 0.2) is 15.6 Å². The molecule has 0 radical (unpaired) electrons. The molecule has 2 heterocycles. The smallest absolute Gasteiger partial charge is 0.231 e. The minimum Gasteiger partial charge on any atom is -0.507 e. The number of ether oxygens (including phenoxy) is 1. The van der Waals surface area contributed by atoms with Crippen molar-refractivity contribution >= 4 is 21.7 Å². The van der Waals surface area contributed by atoms with Gasteiger partial charge in [0, 0.05) is 12.6 Å². The summed E-state index contributed by atoms with van der Waals surface area (Å²) in [5.74, 6) is 0.575.